The highest BCUT2D eigenvalue weighted by molar-refractivity contribution is 7.99. The molecule has 0 bridgehead atoms. The molecule has 0 amide bonds. The molecule has 1 aromatic heterocycles. The Morgan fingerprint density at radius 1 is 1.50 bits per heavy atom. The van der Waals surface area contributed by atoms with Crippen LogP contribution in [0.4, 0.5) is 0 Å². The molecule has 1 aromatic rings. The topological polar surface area (TPSA) is 74.1 Å². The molecule has 1 fully saturated rings. The zero-order valence-electron chi connectivity index (χ0n) is 10.5. The number of ether oxygens (including phenoxy) is 1. The molecular weight excluding hydrogens is 274 g/mol. The molecule has 2 rings (SSSR count). The second-order valence-corrected chi connectivity index (χ2v) is 7.60. The smallest absolute Gasteiger partial charge is 0.193 e. The first-order chi connectivity index (χ1) is 8.52. The van der Waals surface area contributed by atoms with E-state index in [1.54, 1.807) is 7.11 Å². The van der Waals surface area contributed by atoms with Crippen LogP contribution >= 0.6 is 11.8 Å². The van der Waals surface area contributed by atoms with Crippen LogP contribution in [0.5, 0.6) is 0 Å². The predicted molar refractivity (Wildman–Crippen MR) is 69.2 cm³/mol. The maximum Gasteiger partial charge on any atom is 0.193 e. The molecule has 102 valence electrons. The van der Waals surface area contributed by atoms with Crippen molar-refractivity contribution < 1.29 is 13.2 Å². The highest BCUT2D eigenvalue weighted by Gasteiger charge is 2.29. The fraction of sp³-hybridized carbons (Fsp3) is 0.800. The molecule has 18 heavy (non-hydrogen) atoms. The van der Waals surface area contributed by atoms with Crippen molar-refractivity contribution in [3.8, 4) is 0 Å². The van der Waals surface area contributed by atoms with Crippen molar-refractivity contribution in [2.24, 2.45) is 13.0 Å². The van der Waals surface area contributed by atoms with E-state index in [2.05, 4.69) is 10.2 Å². The molecule has 1 aliphatic heterocycles. The van der Waals surface area contributed by atoms with Gasteiger partial charge in [-0.1, -0.05) is 11.8 Å². The second kappa shape index (κ2) is 5.58. The standard InChI is InChI=1S/C10H17N3O3S2/c1-13-9(11-12-10(13)17-7-16-2)5-8-3-4-18(14,15)6-8/h8H,3-7H2,1-2H3/t8-/m1/s1. The fourth-order valence-corrected chi connectivity index (χ4v) is 4.53. The maximum atomic E-state index is 11.4. The Hall–Kier alpha value is -0.600. The summed E-state index contributed by atoms with van der Waals surface area (Å²) >= 11 is 1.47. The molecule has 0 aliphatic carbocycles. The first kappa shape index (κ1) is 13.8. The number of aromatic nitrogens is 3. The Morgan fingerprint density at radius 3 is 2.89 bits per heavy atom. The Labute approximate surface area is 111 Å². The number of rotatable bonds is 5. The SMILES string of the molecule is COCSc1nnc(C[C@H]2CCS(=O)(=O)C2)n1C. The van der Waals surface area contributed by atoms with Gasteiger partial charge in [0.2, 0.25) is 0 Å². The molecule has 1 atom stereocenters. The van der Waals surface area contributed by atoms with Crippen LogP contribution in [-0.2, 0) is 28.0 Å². The van der Waals surface area contributed by atoms with Crippen molar-refractivity contribution >= 4 is 21.6 Å². The van der Waals surface area contributed by atoms with Crippen molar-refractivity contribution in [1.29, 1.82) is 0 Å². The lowest BCUT2D eigenvalue weighted by atomic mass is 10.1. The van der Waals surface area contributed by atoms with Crippen LogP contribution in [0.25, 0.3) is 0 Å². The van der Waals surface area contributed by atoms with Gasteiger partial charge in [-0.25, -0.2) is 8.42 Å². The summed E-state index contributed by atoms with van der Waals surface area (Å²) in [6.45, 7) is 0. The molecule has 0 unspecified atom stereocenters. The van der Waals surface area contributed by atoms with E-state index in [0.717, 1.165) is 17.4 Å². The van der Waals surface area contributed by atoms with E-state index >= 15 is 0 Å². The number of thioether (sulfide) groups is 1. The number of hydrogen-bond acceptors (Lipinski definition) is 6. The van der Waals surface area contributed by atoms with Gasteiger partial charge in [0.1, 0.15) is 5.82 Å². The summed E-state index contributed by atoms with van der Waals surface area (Å²) in [4.78, 5) is 0. The molecular formula is C10H17N3O3S2. The highest BCUT2D eigenvalue weighted by Crippen LogP contribution is 2.23. The van der Waals surface area contributed by atoms with Gasteiger partial charge in [0.05, 0.1) is 17.4 Å². The third-order valence-electron chi connectivity index (χ3n) is 3.03. The van der Waals surface area contributed by atoms with Crippen LogP contribution in [-0.4, -0.2) is 47.7 Å². The van der Waals surface area contributed by atoms with Gasteiger partial charge in [-0.05, 0) is 12.3 Å². The summed E-state index contributed by atoms with van der Waals surface area (Å²) in [5.41, 5.74) is 0. The average molecular weight is 291 g/mol. The quantitative estimate of drug-likeness (QED) is 0.580. The summed E-state index contributed by atoms with van der Waals surface area (Å²) < 4.78 is 29.7. The summed E-state index contributed by atoms with van der Waals surface area (Å²) in [7, 11) is 0.714. The average Bonchev–Trinajstić information content (AvgIpc) is 2.82. The Balaban J connectivity index is 2.00. The molecule has 6 nitrogen and oxygen atoms in total. The van der Waals surface area contributed by atoms with Crippen molar-refractivity contribution in [3.05, 3.63) is 5.82 Å². The third-order valence-corrected chi connectivity index (χ3v) is 5.83. The summed E-state index contributed by atoms with van der Waals surface area (Å²) in [6, 6.07) is 0. The number of nitrogens with zero attached hydrogens (tertiary/aromatic N) is 3. The van der Waals surface area contributed by atoms with E-state index in [0.29, 0.717) is 18.1 Å². The van der Waals surface area contributed by atoms with Gasteiger partial charge in [-0.15, -0.1) is 10.2 Å². The van der Waals surface area contributed by atoms with Gasteiger partial charge < -0.3 is 9.30 Å². The van der Waals surface area contributed by atoms with Crippen molar-refractivity contribution in [1.82, 2.24) is 14.8 Å². The molecule has 2 heterocycles. The lowest BCUT2D eigenvalue weighted by Gasteiger charge is -2.07. The van der Waals surface area contributed by atoms with E-state index in [4.69, 9.17) is 4.74 Å². The van der Waals surface area contributed by atoms with E-state index in [1.807, 2.05) is 11.6 Å². The first-order valence-corrected chi connectivity index (χ1v) is 8.53. The van der Waals surface area contributed by atoms with Gasteiger partial charge in [0.15, 0.2) is 15.0 Å². The van der Waals surface area contributed by atoms with Crippen molar-refractivity contribution in [3.63, 3.8) is 0 Å². The maximum absolute atomic E-state index is 11.4. The predicted octanol–water partition coefficient (Wildman–Crippen LogP) is 0.488. The van der Waals surface area contributed by atoms with E-state index in [9.17, 15) is 8.42 Å². The summed E-state index contributed by atoms with van der Waals surface area (Å²) in [5.74, 6) is 2.14. The van der Waals surface area contributed by atoms with Crippen LogP contribution in [0, 0.1) is 5.92 Å². The van der Waals surface area contributed by atoms with Gasteiger partial charge in [-0.2, -0.15) is 0 Å². The first-order valence-electron chi connectivity index (χ1n) is 5.72. The highest BCUT2D eigenvalue weighted by atomic mass is 32.2. The monoisotopic (exact) mass is 291 g/mol. The van der Waals surface area contributed by atoms with Crippen molar-refractivity contribution in [2.45, 2.75) is 18.0 Å². The van der Waals surface area contributed by atoms with Crippen LogP contribution in [0.15, 0.2) is 5.16 Å². The molecule has 0 radical (unpaired) electrons. The lowest BCUT2D eigenvalue weighted by molar-refractivity contribution is 0.258. The van der Waals surface area contributed by atoms with Crippen LogP contribution in [0.1, 0.15) is 12.2 Å². The Kier molecular flexibility index (Phi) is 4.29. The molecule has 8 heteroatoms. The van der Waals surface area contributed by atoms with E-state index < -0.39 is 9.84 Å². The molecule has 0 N–H and O–H groups in total. The Morgan fingerprint density at radius 2 is 2.28 bits per heavy atom. The van der Waals surface area contributed by atoms with Crippen LogP contribution < -0.4 is 0 Å². The van der Waals surface area contributed by atoms with E-state index in [1.165, 1.54) is 11.8 Å². The van der Waals surface area contributed by atoms with Gasteiger partial charge in [0.25, 0.3) is 0 Å². The molecule has 1 saturated heterocycles. The summed E-state index contributed by atoms with van der Waals surface area (Å²) in [5, 5.41) is 9.00. The largest absolute Gasteiger partial charge is 0.374 e. The van der Waals surface area contributed by atoms with Gasteiger partial charge >= 0.3 is 0 Å². The van der Waals surface area contributed by atoms with Gasteiger partial charge in [-0.3, -0.25) is 0 Å². The molecule has 1 aliphatic rings. The third kappa shape index (κ3) is 3.24. The molecule has 0 saturated carbocycles. The molecule has 0 aromatic carbocycles. The number of hydrogen-bond donors (Lipinski definition) is 0. The zero-order valence-corrected chi connectivity index (χ0v) is 12.1. The second-order valence-electron chi connectivity index (χ2n) is 4.48. The minimum Gasteiger partial charge on any atom is -0.374 e. The van der Waals surface area contributed by atoms with Crippen molar-refractivity contribution in [2.75, 3.05) is 24.6 Å². The minimum atomic E-state index is -2.82. The van der Waals surface area contributed by atoms with Crippen LogP contribution in [0.2, 0.25) is 0 Å². The lowest BCUT2D eigenvalue weighted by Crippen LogP contribution is -2.11. The normalized spacial score (nSPS) is 22.4. The number of methoxy groups -OCH3 is 1. The van der Waals surface area contributed by atoms with E-state index in [-0.39, 0.29) is 11.7 Å². The summed E-state index contributed by atoms with van der Waals surface area (Å²) in [6.07, 6.45) is 1.41. The molecule has 0 spiro atoms. The zero-order chi connectivity index (χ0) is 13.2. The fourth-order valence-electron chi connectivity index (χ4n) is 2.05. The van der Waals surface area contributed by atoms with Gasteiger partial charge in [0, 0.05) is 20.6 Å². The number of sulfone groups is 1. The van der Waals surface area contributed by atoms with Crippen LogP contribution in [0.3, 0.4) is 0 Å². The Bertz CT molecular complexity index is 512. The minimum absolute atomic E-state index is 0.179.